The Morgan fingerprint density at radius 1 is 1.32 bits per heavy atom. The number of H-pyrrole nitrogens is 1. The fourth-order valence-electron chi connectivity index (χ4n) is 2.93. The zero-order chi connectivity index (χ0) is 13.4. The highest BCUT2D eigenvalue weighted by atomic mass is 79.9. The van der Waals surface area contributed by atoms with Crippen LogP contribution in [0.15, 0.2) is 16.6 Å². The van der Waals surface area contributed by atoms with E-state index in [-0.39, 0.29) is 0 Å². The SMILES string of the molecule is COc1ccc(C)c2c(Br)c(C3CCCCN3)[nH]c12. The molecular weight excluding hydrogens is 304 g/mol. The summed E-state index contributed by atoms with van der Waals surface area (Å²) in [4.78, 5) is 3.56. The van der Waals surface area contributed by atoms with Crippen molar-refractivity contribution in [2.24, 2.45) is 0 Å². The lowest BCUT2D eigenvalue weighted by Gasteiger charge is -2.23. The summed E-state index contributed by atoms with van der Waals surface area (Å²) in [6.45, 7) is 3.24. The van der Waals surface area contributed by atoms with Crippen molar-refractivity contribution in [2.45, 2.75) is 32.2 Å². The van der Waals surface area contributed by atoms with Crippen LogP contribution in [0.25, 0.3) is 10.9 Å². The van der Waals surface area contributed by atoms with E-state index in [4.69, 9.17) is 4.74 Å². The topological polar surface area (TPSA) is 37.0 Å². The first-order valence-electron chi connectivity index (χ1n) is 6.80. The molecule has 0 saturated carbocycles. The van der Waals surface area contributed by atoms with Crippen molar-refractivity contribution in [1.29, 1.82) is 0 Å². The van der Waals surface area contributed by atoms with Gasteiger partial charge in [-0.1, -0.05) is 12.5 Å². The van der Waals surface area contributed by atoms with E-state index in [0.29, 0.717) is 6.04 Å². The summed E-state index contributed by atoms with van der Waals surface area (Å²) in [5.41, 5.74) is 3.61. The van der Waals surface area contributed by atoms with E-state index in [1.807, 2.05) is 6.07 Å². The molecule has 1 aromatic carbocycles. The fourth-order valence-corrected chi connectivity index (χ4v) is 3.81. The minimum atomic E-state index is 0.416. The Hall–Kier alpha value is -1.00. The van der Waals surface area contributed by atoms with Gasteiger partial charge in [0, 0.05) is 21.6 Å². The number of aromatic nitrogens is 1. The monoisotopic (exact) mass is 322 g/mol. The minimum Gasteiger partial charge on any atom is -0.495 e. The molecule has 0 bridgehead atoms. The molecule has 102 valence electrons. The molecule has 1 unspecified atom stereocenters. The average Bonchev–Trinajstić information content (AvgIpc) is 2.79. The van der Waals surface area contributed by atoms with Crippen molar-refractivity contribution in [3.63, 3.8) is 0 Å². The molecule has 4 heteroatoms. The third-order valence-electron chi connectivity index (χ3n) is 3.97. The Bertz CT molecular complexity index is 600. The van der Waals surface area contributed by atoms with Crippen molar-refractivity contribution in [3.05, 3.63) is 27.9 Å². The third kappa shape index (κ3) is 2.17. The zero-order valence-corrected chi connectivity index (χ0v) is 12.9. The van der Waals surface area contributed by atoms with Crippen LogP contribution in [0.3, 0.4) is 0 Å². The average molecular weight is 323 g/mol. The van der Waals surface area contributed by atoms with Crippen molar-refractivity contribution in [2.75, 3.05) is 13.7 Å². The lowest BCUT2D eigenvalue weighted by Crippen LogP contribution is -2.27. The Labute approximate surface area is 121 Å². The van der Waals surface area contributed by atoms with E-state index < -0.39 is 0 Å². The standard InChI is InChI=1S/C15H19BrN2O/c1-9-6-7-11(19-2)15-12(9)13(16)14(18-15)10-5-3-4-8-17-10/h6-7,10,17-18H,3-5,8H2,1-2H3. The normalized spacial score (nSPS) is 19.8. The predicted octanol–water partition coefficient (Wildman–Crippen LogP) is 4.06. The van der Waals surface area contributed by atoms with Crippen molar-refractivity contribution in [1.82, 2.24) is 10.3 Å². The van der Waals surface area contributed by atoms with Gasteiger partial charge in [-0.2, -0.15) is 0 Å². The maximum atomic E-state index is 5.47. The number of aryl methyl sites for hydroxylation is 1. The van der Waals surface area contributed by atoms with Crippen LogP contribution in [-0.2, 0) is 0 Å². The smallest absolute Gasteiger partial charge is 0.142 e. The van der Waals surface area contributed by atoms with Gasteiger partial charge in [-0.05, 0) is 53.9 Å². The van der Waals surface area contributed by atoms with Crippen molar-refractivity contribution < 1.29 is 4.74 Å². The number of nitrogens with one attached hydrogen (secondary N) is 2. The maximum absolute atomic E-state index is 5.47. The van der Waals surface area contributed by atoms with Crippen LogP contribution in [0.5, 0.6) is 5.75 Å². The molecule has 1 saturated heterocycles. The molecule has 1 aliphatic rings. The van der Waals surface area contributed by atoms with Crippen molar-refractivity contribution >= 4 is 26.8 Å². The number of ether oxygens (including phenoxy) is 1. The van der Waals surface area contributed by atoms with E-state index in [1.165, 1.54) is 40.4 Å². The molecule has 3 nitrogen and oxygen atoms in total. The predicted molar refractivity (Wildman–Crippen MR) is 81.9 cm³/mol. The fraction of sp³-hybridized carbons (Fsp3) is 0.467. The summed E-state index contributed by atoms with van der Waals surface area (Å²) >= 11 is 3.77. The van der Waals surface area contributed by atoms with E-state index in [2.05, 4.69) is 39.2 Å². The first-order valence-corrected chi connectivity index (χ1v) is 7.59. The highest BCUT2D eigenvalue weighted by Gasteiger charge is 2.22. The van der Waals surface area contributed by atoms with Gasteiger partial charge in [0.15, 0.2) is 0 Å². The highest BCUT2D eigenvalue weighted by molar-refractivity contribution is 9.10. The second kappa shape index (κ2) is 5.17. The number of benzene rings is 1. The lowest BCUT2D eigenvalue weighted by molar-refractivity contribution is 0.404. The molecule has 0 radical (unpaired) electrons. The molecule has 0 amide bonds. The van der Waals surface area contributed by atoms with E-state index >= 15 is 0 Å². The first-order chi connectivity index (χ1) is 9.22. The van der Waals surface area contributed by atoms with Gasteiger partial charge in [0.05, 0.1) is 12.6 Å². The van der Waals surface area contributed by atoms with E-state index in [9.17, 15) is 0 Å². The van der Waals surface area contributed by atoms with Crippen molar-refractivity contribution in [3.8, 4) is 5.75 Å². The summed E-state index contributed by atoms with van der Waals surface area (Å²) in [5.74, 6) is 0.906. The van der Waals surface area contributed by atoms with Gasteiger partial charge in [0.2, 0.25) is 0 Å². The molecule has 2 heterocycles. The number of rotatable bonds is 2. The summed E-state index contributed by atoms with van der Waals surface area (Å²) in [6.07, 6.45) is 3.75. The Kier molecular flexibility index (Phi) is 3.54. The van der Waals surface area contributed by atoms with Crippen LogP contribution in [0.1, 0.15) is 36.6 Å². The zero-order valence-electron chi connectivity index (χ0n) is 11.3. The number of methoxy groups -OCH3 is 1. The molecule has 1 fully saturated rings. The van der Waals surface area contributed by atoms with Crippen LogP contribution in [0.4, 0.5) is 0 Å². The van der Waals surface area contributed by atoms with Gasteiger partial charge < -0.3 is 15.0 Å². The highest BCUT2D eigenvalue weighted by Crippen LogP contribution is 2.39. The molecule has 1 aliphatic heterocycles. The van der Waals surface area contributed by atoms with Crippen LogP contribution in [-0.4, -0.2) is 18.6 Å². The summed E-state index contributed by atoms with van der Waals surface area (Å²) < 4.78 is 6.64. The van der Waals surface area contributed by atoms with E-state index in [0.717, 1.165) is 17.8 Å². The Balaban J connectivity index is 2.16. The molecule has 0 spiro atoms. The molecular formula is C15H19BrN2O. The van der Waals surface area contributed by atoms with Gasteiger partial charge in [-0.3, -0.25) is 0 Å². The second-order valence-electron chi connectivity index (χ2n) is 5.19. The maximum Gasteiger partial charge on any atom is 0.142 e. The van der Waals surface area contributed by atoms with E-state index in [1.54, 1.807) is 7.11 Å². The Morgan fingerprint density at radius 3 is 2.84 bits per heavy atom. The number of hydrogen-bond acceptors (Lipinski definition) is 2. The first kappa shape index (κ1) is 13.0. The number of aromatic amines is 1. The van der Waals surface area contributed by atoms with Crippen LogP contribution >= 0.6 is 15.9 Å². The quantitative estimate of drug-likeness (QED) is 0.874. The molecule has 2 N–H and O–H groups in total. The third-order valence-corrected chi connectivity index (χ3v) is 4.79. The second-order valence-corrected chi connectivity index (χ2v) is 5.98. The summed E-state index contributed by atoms with van der Waals surface area (Å²) in [7, 11) is 1.72. The molecule has 19 heavy (non-hydrogen) atoms. The molecule has 0 aliphatic carbocycles. The largest absolute Gasteiger partial charge is 0.495 e. The summed E-state index contributed by atoms with van der Waals surface area (Å²) in [5, 5.41) is 4.83. The lowest BCUT2D eigenvalue weighted by atomic mass is 10.0. The number of hydrogen-bond donors (Lipinski definition) is 2. The van der Waals surface area contributed by atoms with Gasteiger partial charge in [0.25, 0.3) is 0 Å². The van der Waals surface area contributed by atoms with Gasteiger partial charge in [-0.15, -0.1) is 0 Å². The number of halogens is 1. The van der Waals surface area contributed by atoms with Gasteiger partial charge >= 0.3 is 0 Å². The van der Waals surface area contributed by atoms with Crippen LogP contribution in [0, 0.1) is 6.92 Å². The van der Waals surface area contributed by atoms with Gasteiger partial charge in [-0.25, -0.2) is 0 Å². The molecule has 2 aromatic rings. The molecule has 1 aromatic heterocycles. The minimum absolute atomic E-state index is 0.416. The van der Waals surface area contributed by atoms with Crippen LogP contribution in [0.2, 0.25) is 0 Å². The summed E-state index contributed by atoms with van der Waals surface area (Å²) in [6, 6.07) is 4.55. The van der Waals surface area contributed by atoms with Crippen LogP contribution < -0.4 is 10.1 Å². The molecule has 3 rings (SSSR count). The number of fused-ring (bicyclic) bond motifs is 1. The number of piperidine rings is 1. The van der Waals surface area contributed by atoms with Gasteiger partial charge in [0.1, 0.15) is 5.75 Å². The molecule has 1 atom stereocenters. The Morgan fingerprint density at radius 2 is 2.16 bits per heavy atom.